The second-order valence-corrected chi connectivity index (χ2v) is 5.80. The first kappa shape index (κ1) is 16.4. The lowest BCUT2D eigenvalue weighted by molar-refractivity contribution is -0.146. The van der Waals surface area contributed by atoms with Gasteiger partial charge in [0.2, 0.25) is 0 Å². The van der Waals surface area contributed by atoms with Crippen molar-refractivity contribution in [2.45, 2.75) is 6.10 Å². The highest BCUT2D eigenvalue weighted by Crippen LogP contribution is 2.41. The summed E-state index contributed by atoms with van der Waals surface area (Å²) in [6.07, 6.45) is -1.73. The number of carboxylic acids is 1. The molecule has 7 heteroatoms. The third-order valence-electron chi connectivity index (χ3n) is 2.84. The molecular weight excluding hydrogens is 358 g/mol. The zero-order chi connectivity index (χ0) is 15.7. The van der Waals surface area contributed by atoms with Crippen LogP contribution in [0.3, 0.4) is 0 Å². The number of carbonyl (C=O) groups is 1. The second kappa shape index (κ2) is 6.42. The molecule has 2 aromatic rings. The van der Waals surface area contributed by atoms with Crippen LogP contribution in [-0.4, -0.2) is 16.2 Å². The molecule has 0 heterocycles. The van der Waals surface area contributed by atoms with Crippen molar-refractivity contribution in [2.75, 3.05) is 0 Å². The summed E-state index contributed by atoms with van der Waals surface area (Å²) in [4.78, 5) is 10.9. The number of halogens is 4. The molecule has 110 valence electrons. The lowest BCUT2D eigenvalue weighted by Gasteiger charge is -2.14. The highest BCUT2D eigenvalue weighted by Gasteiger charge is 2.22. The van der Waals surface area contributed by atoms with Crippen LogP contribution in [0.25, 0.3) is 11.1 Å². The molecule has 0 radical (unpaired) electrons. The molecule has 0 spiro atoms. The minimum atomic E-state index is -1.73. The Morgan fingerprint density at radius 2 is 1.67 bits per heavy atom. The Bertz CT molecular complexity index is 716. The van der Waals surface area contributed by atoms with Gasteiger partial charge >= 0.3 is 5.97 Å². The van der Waals surface area contributed by atoms with Gasteiger partial charge in [-0.2, -0.15) is 0 Å². The lowest BCUT2D eigenvalue weighted by atomic mass is 10.00. The molecule has 0 aromatic heterocycles. The van der Waals surface area contributed by atoms with Gasteiger partial charge in [-0.15, -0.1) is 0 Å². The zero-order valence-corrected chi connectivity index (χ0v) is 13.3. The van der Waals surface area contributed by atoms with Crippen LogP contribution in [0.4, 0.5) is 0 Å². The number of hydrogen-bond donors (Lipinski definition) is 2. The maximum absolute atomic E-state index is 10.9. The van der Waals surface area contributed by atoms with E-state index in [9.17, 15) is 9.90 Å². The molecule has 0 aliphatic carbocycles. The van der Waals surface area contributed by atoms with Gasteiger partial charge in [0.15, 0.2) is 6.10 Å². The molecule has 21 heavy (non-hydrogen) atoms. The van der Waals surface area contributed by atoms with Crippen LogP contribution in [0, 0.1) is 0 Å². The van der Waals surface area contributed by atoms with Crippen molar-refractivity contribution in [2.24, 2.45) is 0 Å². The summed E-state index contributed by atoms with van der Waals surface area (Å²) in [6, 6.07) is 7.67. The molecule has 1 atom stereocenters. The number of aliphatic carboxylic acids is 1. The number of carboxylic acid groups (broad SMARTS) is 1. The van der Waals surface area contributed by atoms with E-state index >= 15 is 0 Å². The molecule has 0 aliphatic heterocycles. The summed E-state index contributed by atoms with van der Waals surface area (Å²) < 4.78 is 0. The van der Waals surface area contributed by atoms with E-state index < -0.39 is 12.1 Å². The Labute approximate surface area is 140 Å². The molecule has 1 unspecified atom stereocenters. The minimum absolute atomic E-state index is 0.0637. The van der Waals surface area contributed by atoms with Crippen molar-refractivity contribution in [3.8, 4) is 11.1 Å². The number of benzene rings is 2. The molecule has 0 amide bonds. The first-order valence-corrected chi connectivity index (χ1v) is 7.18. The van der Waals surface area contributed by atoms with Gasteiger partial charge in [-0.05, 0) is 12.1 Å². The van der Waals surface area contributed by atoms with Crippen LogP contribution in [0.15, 0.2) is 30.3 Å². The molecule has 3 nitrogen and oxygen atoms in total. The van der Waals surface area contributed by atoms with Crippen LogP contribution < -0.4 is 0 Å². The molecular formula is C14H8Cl4O3. The van der Waals surface area contributed by atoms with Crippen LogP contribution in [0.2, 0.25) is 20.1 Å². The highest BCUT2D eigenvalue weighted by molar-refractivity contribution is 6.45. The summed E-state index contributed by atoms with van der Waals surface area (Å²) in [7, 11) is 0. The van der Waals surface area contributed by atoms with Crippen molar-refractivity contribution in [3.63, 3.8) is 0 Å². The Balaban J connectivity index is 2.66. The quantitative estimate of drug-likeness (QED) is 0.745. The third-order valence-corrected chi connectivity index (χ3v) is 4.28. The maximum Gasteiger partial charge on any atom is 0.337 e. The van der Waals surface area contributed by atoms with Gasteiger partial charge < -0.3 is 10.2 Å². The van der Waals surface area contributed by atoms with E-state index in [2.05, 4.69) is 0 Å². The van der Waals surface area contributed by atoms with Crippen molar-refractivity contribution in [3.05, 3.63) is 56.0 Å². The molecule has 0 bridgehead atoms. The lowest BCUT2D eigenvalue weighted by Crippen LogP contribution is -2.11. The monoisotopic (exact) mass is 364 g/mol. The van der Waals surface area contributed by atoms with Gasteiger partial charge in [0, 0.05) is 21.7 Å². The molecule has 2 rings (SSSR count). The molecule has 0 saturated heterocycles. The largest absolute Gasteiger partial charge is 0.479 e. The van der Waals surface area contributed by atoms with Crippen LogP contribution in [-0.2, 0) is 4.79 Å². The van der Waals surface area contributed by atoms with Gasteiger partial charge in [-0.3, -0.25) is 0 Å². The van der Waals surface area contributed by atoms with Crippen LogP contribution in [0.1, 0.15) is 11.7 Å². The Morgan fingerprint density at radius 3 is 2.29 bits per heavy atom. The highest BCUT2D eigenvalue weighted by atomic mass is 35.5. The Hall–Kier alpha value is -0.970. The molecule has 0 fully saturated rings. The number of aliphatic hydroxyl groups is 1. The summed E-state index contributed by atoms with van der Waals surface area (Å²) in [5.74, 6) is -1.40. The Morgan fingerprint density at radius 1 is 1.00 bits per heavy atom. The average Bonchev–Trinajstić information content (AvgIpc) is 2.42. The number of rotatable bonds is 3. The van der Waals surface area contributed by atoms with E-state index in [0.717, 1.165) is 0 Å². The molecule has 2 N–H and O–H groups in total. The zero-order valence-electron chi connectivity index (χ0n) is 10.3. The van der Waals surface area contributed by atoms with E-state index in [-0.39, 0.29) is 20.6 Å². The van der Waals surface area contributed by atoms with E-state index in [1.165, 1.54) is 12.1 Å². The Kier molecular flexibility index (Phi) is 5.02. The standard InChI is InChI=1S/C14H8Cl4O3/c15-6-4-9(12(18)10(16)5-6)7-2-1-3-8(11(7)17)13(19)14(20)21/h1-5,13,19H,(H,20,21). The maximum atomic E-state index is 10.9. The van der Waals surface area contributed by atoms with Gasteiger partial charge in [0.1, 0.15) is 0 Å². The first-order valence-electron chi connectivity index (χ1n) is 5.67. The summed E-state index contributed by atoms with van der Waals surface area (Å²) in [6.45, 7) is 0. The fraction of sp³-hybridized carbons (Fsp3) is 0.0714. The van der Waals surface area contributed by atoms with Gasteiger partial charge in [0.05, 0.1) is 15.1 Å². The molecule has 0 aliphatic rings. The predicted molar refractivity (Wildman–Crippen MR) is 84.5 cm³/mol. The number of aliphatic hydroxyl groups excluding tert-OH is 1. The fourth-order valence-corrected chi connectivity index (χ4v) is 2.89. The predicted octanol–water partition coefficient (Wildman–Crippen LogP) is 5.09. The molecule has 0 saturated carbocycles. The van der Waals surface area contributed by atoms with Crippen molar-refractivity contribution >= 4 is 52.4 Å². The second-order valence-electron chi connectivity index (χ2n) is 4.20. The summed E-state index contributed by atoms with van der Waals surface area (Å²) in [5, 5.41) is 19.5. The SMILES string of the molecule is O=C(O)C(O)c1cccc(-c2cc(Cl)cc(Cl)c2Cl)c1Cl. The van der Waals surface area contributed by atoms with Crippen molar-refractivity contribution < 1.29 is 15.0 Å². The van der Waals surface area contributed by atoms with Gasteiger partial charge in [-0.1, -0.05) is 64.6 Å². The number of hydrogen-bond acceptors (Lipinski definition) is 2. The van der Waals surface area contributed by atoms with Crippen molar-refractivity contribution in [1.29, 1.82) is 0 Å². The summed E-state index contributed by atoms with van der Waals surface area (Å²) in [5.41, 5.74) is 0.955. The topological polar surface area (TPSA) is 57.5 Å². The van der Waals surface area contributed by atoms with Gasteiger partial charge in [-0.25, -0.2) is 4.79 Å². The van der Waals surface area contributed by atoms with E-state index in [4.69, 9.17) is 51.5 Å². The third kappa shape index (κ3) is 3.28. The first-order chi connectivity index (χ1) is 9.82. The van der Waals surface area contributed by atoms with Crippen molar-refractivity contribution in [1.82, 2.24) is 0 Å². The minimum Gasteiger partial charge on any atom is -0.479 e. The fourth-order valence-electron chi connectivity index (χ4n) is 1.85. The van der Waals surface area contributed by atoms with E-state index in [1.54, 1.807) is 18.2 Å². The van der Waals surface area contributed by atoms with Crippen LogP contribution >= 0.6 is 46.4 Å². The summed E-state index contributed by atoms with van der Waals surface area (Å²) >= 11 is 24.2. The van der Waals surface area contributed by atoms with E-state index in [1.807, 2.05) is 0 Å². The smallest absolute Gasteiger partial charge is 0.337 e. The normalized spacial score (nSPS) is 12.2. The van der Waals surface area contributed by atoms with Gasteiger partial charge in [0.25, 0.3) is 0 Å². The average molecular weight is 366 g/mol. The van der Waals surface area contributed by atoms with E-state index in [0.29, 0.717) is 16.1 Å². The molecule has 2 aromatic carbocycles. The van der Waals surface area contributed by atoms with Crippen LogP contribution in [0.5, 0.6) is 0 Å².